The lowest BCUT2D eigenvalue weighted by Crippen LogP contribution is -2.62. The lowest BCUT2D eigenvalue weighted by atomic mass is 9.97. The highest BCUT2D eigenvalue weighted by Crippen LogP contribution is 2.26. The third-order valence-corrected chi connectivity index (χ3v) is 3.85. The van der Waals surface area contributed by atoms with Crippen molar-refractivity contribution in [2.24, 2.45) is 5.92 Å². The molecule has 2 saturated heterocycles. The van der Waals surface area contributed by atoms with E-state index in [-0.39, 0.29) is 12.7 Å². The highest BCUT2D eigenvalue weighted by molar-refractivity contribution is 4.96. The molecule has 0 amide bonds. The van der Waals surface area contributed by atoms with Crippen molar-refractivity contribution in [3.05, 3.63) is 0 Å². The summed E-state index contributed by atoms with van der Waals surface area (Å²) in [6.45, 7) is 9.66. The Hall–Kier alpha value is -0.230. The molecule has 0 spiro atoms. The quantitative estimate of drug-likeness (QED) is 0.659. The van der Waals surface area contributed by atoms with Crippen molar-refractivity contribution in [3.63, 3.8) is 0 Å². The van der Waals surface area contributed by atoms with Crippen LogP contribution in [-0.4, -0.2) is 81.2 Å². The van der Waals surface area contributed by atoms with Gasteiger partial charge in [-0.3, -0.25) is 4.90 Å². The van der Waals surface area contributed by atoms with Crippen LogP contribution >= 0.6 is 0 Å². The zero-order valence-corrected chi connectivity index (χ0v) is 12.4. The Labute approximate surface area is 115 Å². The van der Waals surface area contributed by atoms with Gasteiger partial charge in [-0.15, -0.1) is 0 Å². The number of rotatable bonds is 8. The summed E-state index contributed by atoms with van der Waals surface area (Å²) in [4.78, 5) is 4.40. The summed E-state index contributed by atoms with van der Waals surface area (Å²) in [6, 6.07) is 0. The topological polar surface area (TPSA) is 24.9 Å². The summed E-state index contributed by atoms with van der Waals surface area (Å²) in [5, 5.41) is 0. The number of alkyl halides is 1. The Kier molecular flexibility index (Phi) is 5.17. The molecule has 2 aliphatic rings. The maximum absolute atomic E-state index is 14.0. The third kappa shape index (κ3) is 4.38. The van der Waals surface area contributed by atoms with E-state index < -0.39 is 5.67 Å². The van der Waals surface area contributed by atoms with E-state index in [2.05, 4.69) is 23.8 Å². The minimum Gasteiger partial charge on any atom is -0.378 e. The van der Waals surface area contributed by atoms with Gasteiger partial charge in [0.05, 0.1) is 19.3 Å². The maximum atomic E-state index is 14.0. The highest BCUT2D eigenvalue weighted by atomic mass is 19.1. The van der Waals surface area contributed by atoms with Crippen LogP contribution in [0.25, 0.3) is 0 Å². The third-order valence-electron chi connectivity index (χ3n) is 3.85. The average Bonchev–Trinajstić information content (AvgIpc) is 2.28. The molecule has 1 atom stereocenters. The average molecular weight is 274 g/mol. The molecule has 0 aromatic carbocycles. The van der Waals surface area contributed by atoms with E-state index in [0.717, 1.165) is 26.2 Å². The van der Waals surface area contributed by atoms with E-state index in [9.17, 15) is 4.39 Å². The Morgan fingerprint density at radius 3 is 2.63 bits per heavy atom. The summed E-state index contributed by atoms with van der Waals surface area (Å²) in [7, 11) is 2.12. The van der Waals surface area contributed by atoms with E-state index in [1.54, 1.807) is 0 Å². The number of hydrogen-bond acceptors (Lipinski definition) is 4. The van der Waals surface area contributed by atoms with Gasteiger partial charge in [0.15, 0.2) is 5.67 Å². The maximum Gasteiger partial charge on any atom is 0.159 e. The predicted octanol–water partition coefficient (Wildman–Crippen LogP) is 1.01. The van der Waals surface area contributed by atoms with Gasteiger partial charge in [0.25, 0.3) is 0 Å². The molecule has 0 bridgehead atoms. The molecule has 1 unspecified atom stereocenters. The van der Waals surface area contributed by atoms with Gasteiger partial charge >= 0.3 is 0 Å². The van der Waals surface area contributed by atoms with Gasteiger partial charge < -0.3 is 14.4 Å². The van der Waals surface area contributed by atoms with E-state index >= 15 is 0 Å². The molecule has 0 radical (unpaired) electrons. The van der Waals surface area contributed by atoms with E-state index in [4.69, 9.17) is 9.47 Å². The van der Waals surface area contributed by atoms with Crippen LogP contribution in [0.1, 0.15) is 13.8 Å². The Bertz CT molecular complexity index is 279. The minimum atomic E-state index is -1.13. The predicted molar refractivity (Wildman–Crippen MR) is 73.2 cm³/mol. The van der Waals surface area contributed by atoms with Crippen LogP contribution in [-0.2, 0) is 9.47 Å². The van der Waals surface area contributed by atoms with Gasteiger partial charge in [-0.1, -0.05) is 0 Å². The standard InChI is InChI=1S/C14H27FN2O2/c1-4-18-11-14(15)9-17(10-14)5-12(2)19-8-13-6-16(3)7-13/h12-13H,4-11H2,1-3H3. The molecule has 2 rings (SSSR count). The lowest BCUT2D eigenvalue weighted by Gasteiger charge is -2.45. The van der Waals surface area contributed by atoms with E-state index in [0.29, 0.717) is 25.6 Å². The summed E-state index contributed by atoms with van der Waals surface area (Å²) >= 11 is 0. The Morgan fingerprint density at radius 1 is 1.37 bits per heavy atom. The number of ether oxygens (including phenoxy) is 2. The van der Waals surface area contributed by atoms with Crippen LogP contribution in [0.5, 0.6) is 0 Å². The number of nitrogens with zero attached hydrogens (tertiary/aromatic N) is 2. The van der Waals surface area contributed by atoms with Crippen LogP contribution in [0.15, 0.2) is 0 Å². The monoisotopic (exact) mass is 274 g/mol. The fraction of sp³-hybridized carbons (Fsp3) is 1.00. The molecule has 0 aromatic heterocycles. The van der Waals surface area contributed by atoms with Crippen LogP contribution in [0, 0.1) is 5.92 Å². The summed E-state index contributed by atoms with van der Waals surface area (Å²) < 4.78 is 25.0. The van der Waals surface area contributed by atoms with Crippen LogP contribution in [0.2, 0.25) is 0 Å². The van der Waals surface area contributed by atoms with Gasteiger partial charge in [0.1, 0.15) is 0 Å². The number of hydrogen-bond donors (Lipinski definition) is 0. The van der Waals surface area contributed by atoms with Gasteiger partial charge in [0.2, 0.25) is 0 Å². The molecule has 0 saturated carbocycles. The first-order valence-electron chi connectivity index (χ1n) is 7.30. The van der Waals surface area contributed by atoms with Crippen molar-refractivity contribution in [3.8, 4) is 0 Å². The number of likely N-dealkylation sites (tertiary alicyclic amines) is 2. The molecule has 0 aliphatic carbocycles. The van der Waals surface area contributed by atoms with E-state index in [1.807, 2.05) is 6.92 Å². The van der Waals surface area contributed by atoms with Crippen molar-refractivity contribution in [1.82, 2.24) is 9.80 Å². The van der Waals surface area contributed by atoms with Crippen molar-refractivity contribution < 1.29 is 13.9 Å². The van der Waals surface area contributed by atoms with Crippen molar-refractivity contribution in [1.29, 1.82) is 0 Å². The zero-order valence-electron chi connectivity index (χ0n) is 12.4. The molecule has 4 nitrogen and oxygen atoms in total. The fourth-order valence-electron chi connectivity index (χ4n) is 2.91. The van der Waals surface area contributed by atoms with Crippen LogP contribution in [0.3, 0.4) is 0 Å². The van der Waals surface area contributed by atoms with Gasteiger partial charge in [-0.25, -0.2) is 4.39 Å². The summed E-state index contributed by atoms with van der Waals surface area (Å²) in [5.74, 6) is 0.682. The molecule has 2 aliphatic heterocycles. The lowest BCUT2D eigenvalue weighted by molar-refractivity contribution is -0.104. The van der Waals surface area contributed by atoms with Crippen molar-refractivity contribution >= 4 is 0 Å². The van der Waals surface area contributed by atoms with Gasteiger partial charge in [0, 0.05) is 45.2 Å². The largest absolute Gasteiger partial charge is 0.378 e. The van der Waals surface area contributed by atoms with Crippen molar-refractivity contribution in [2.75, 3.05) is 59.6 Å². The van der Waals surface area contributed by atoms with Gasteiger partial charge in [-0.05, 0) is 20.9 Å². The molecule has 112 valence electrons. The molecule has 5 heteroatoms. The first kappa shape index (κ1) is 15.2. The molecular weight excluding hydrogens is 247 g/mol. The normalized spacial score (nSPS) is 25.9. The fourth-order valence-corrected chi connectivity index (χ4v) is 2.91. The molecule has 2 heterocycles. The van der Waals surface area contributed by atoms with E-state index in [1.165, 1.54) is 0 Å². The van der Waals surface area contributed by atoms with Crippen LogP contribution in [0.4, 0.5) is 4.39 Å². The second-order valence-electron chi connectivity index (χ2n) is 6.19. The summed E-state index contributed by atoms with van der Waals surface area (Å²) in [6.07, 6.45) is 0.183. The highest BCUT2D eigenvalue weighted by Gasteiger charge is 2.43. The molecular formula is C14H27FN2O2. The second-order valence-corrected chi connectivity index (χ2v) is 6.19. The van der Waals surface area contributed by atoms with Crippen LogP contribution < -0.4 is 0 Å². The number of halogens is 1. The van der Waals surface area contributed by atoms with Crippen molar-refractivity contribution in [2.45, 2.75) is 25.6 Å². The molecule has 0 aromatic rings. The molecule has 19 heavy (non-hydrogen) atoms. The Morgan fingerprint density at radius 2 is 2.05 bits per heavy atom. The Balaban J connectivity index is 1.53. The SMILES string of the molecule is CCOCC1(F)CN(CC(C)OCC2CN(C)C2)C1. The first-order valence-corrected chi connectivity index (χ1v) is 7.30. The zero-order chi connectivity index (χ0) is 13.9. The smallest absolute Gasteiger partial charge is 0.159 e. The molecule has 2 fully saturated rings. The summed E-state index contributed by atoms with van der Waals surface area (Å²) in [5.41, 5.74) is -1.13. The van der Waals surface area contributed by atoms with Gasteiger partial charge in [-0.2, -0.15) is 0 Å². The first-order chi connectivity index (χ1) is 9.00. The molecule has 0 N–H and O–H groups in total. The minimum absolute atomic E-state index is 0.183. The second kappa shape index (κ2) is 6.48.